The quantitative estimate of drug-likeness (QED) is 0.726. The number of amides is 1. The number of benzene rings is 1. The van der Waals surface area contributed by atoms with Crippen LogP contribution in [0.3, 0.4) is 0 Å². The van der Waals surface area contributed by atoms with Crippen LogP contribution in [0.5, 0.6) is 0 Å². The molecule has 0 spiro atoms. The van der Waals surface area contributed by atoms with Crippen molar-refractivity contribution in [2.24, 2.45) is 0 Å². The first kappa shape index (κ1) is 19.5. The Morgan fingerprint density at radius 1 is 1.18 bits per heavy atom. The van der Waals surface area contributed by atoms with Crippen LogP contribution in [0.4, 0.5) is 9.18 Å². The molecule has 0 bridgehead atoms. The predicted molar refractivity (Wildman–Crippen MR) is 105 cm³/mol. The summed E-state index contributed by atoms with van der Waals surface area (Å²) in [4.78, 5) is 16.1. The molecule has 1 N–H and O–H groups in total. The van der Waals surface area contributed by atoms with Crippen molar-refractivity contribution in [3.63, 3.8) is 0 Å². The lowest BCUT2D eigenvalue weighted by Crippen LogP contribution is -2.32. The molecule has 0 aliphatic carbocycles. The highest BCUT2D eigenvalue weighted by atomic mass is 19.1. The Labute approximate surface area is 163 Å². The summed E-state index contributed by atoms with van der Waals surface area (Å²) in [6, 6.07) is 8.44. The van der Waals surface area contributed by atoms with Crippen molar-refractivity contribution in [1.29, 1.82) is 0 Å². The number of aryl methyl sites for hydroxylation is 1. The fraction of sp³-hybridized carbons (Fsp3) is 0.286. The Hall–Kier alpha value is -3.22. The fourth-order valence-electron chi connectivity index (χ4n) is 2.60. The number of hydrogen-bond acceptors (Lipinski definition) is 4. The van der Waals surface area contributed by atoms with Gasteiger partial charge in [-0.05, 0) is 68.7 Å². The molecular formula is C21H23FN4O2. The molecule has 0 fully saturated rings. The third-order valence-corrected chi connectivity index (χ3v) is 3.84. The zero-order valence-electron chi connectivity index (χ0n) is 16.4. The Morgan fingerprint density at radius 2 is 1.96 bits per heavy atom. The average Bonchev–Trinajstić information content (AvgIpc) is 3.09. The van der Waals surface area contributed by atoms with E-state index in [1.54, 1.807) is 44.0 Å². The van der Waals surface area contributed by atoms with Crippen LogP contribution < -0.4 is 5.32 Å². The van der Waals surface area contributed by atoms with Crippen molar-refractivity contribution in [2.45, 2.75) is 39.8 Å². The molecule has 146 valence electrons. The number of rotatable bonds is 4. The molecule has 0 aliphatic rings. The van der Waals surface area contributed by atoms with Crippen LogP contribution in [-0.4, -0.2) is 26.5 Å². The van der Waals surface area contributed by atoms with Crippen LogP contribution in [0.2, 0.25) is 0 Å². The van der Waals surface area contributed by atoms with Crippen LogP contribution in [0, 0.1) is 12.7 Å². The van der Waals surface area contributed by atoms with Gasteiger partial charge in [0.15, 0.2) is 5.82 Å². The molecule has 3 rings (SSSR count). The summed E-state index contributed by atoms with van der Waals surface area (Å²) in [6.45, 7) is 7.48. The zero-order valence-corrected chi connectivity index (χ0v) is 16.4. The second-order valence-corrected chi connectivity index (χ2v) is 7.57. The standard InChI is InChI=1S/C21H23FN4O2/c1-14-5-6-19(23-10-14)26-13-17(12-25-26)16-7-15(8-18(22)9-16)11-24-20(27)28-21(2,3)4/h5-10,12-13H,11H2,1-4H3,(H,24,27). The predicted octanol–water partition coefficient (Wildman–Crippen LogP) is 4.41. The zero-order chi connectivity index (χ0) is 20.3. The summed E-state index contributed by atoms with van der Waals surface area (Å²) in [5, 5.41) is 6.95. The molecule has 0 saturated carbocycles. The van der Waals surface area contributed by atoms with Gasteiger partial charge in [-0.25, -0.2) is 18.9 Å². The lowest BCUT2D eigenvalue weighted by molar-refractivity contribution is 0.0523. The van der Waals surface area contributed by atoms with Gasteiger partial charge in [0.25, 0.3) is 0 Å². The molecule has 7 heteroatoms. The Bertz CT molecular complexity index is 975. The van der Waals surface area contributed by atoms with Crippen molar-refractivity contribution in [1.82, 2.24) is 20.1 Å². The van der Waals surface area contributed by atoms with Crippen molar-refractivity contribution < 1.29 is 13.9 Å². The number of halogens is 1. The van der Waals surface area contributed by atoms with E-state index in [0.717, 1.165) is 11.1 Å². The fourth-order valence-corrected chi connectivity index (χ4v) is 2.60. The van der Waals surface area contributed by atoms with Gasteiger partial charge in [0.05, 0.1) is 6.20 Å². The minimum Gasteiger partial charge on any atom is -0.444 e. The molecular weight excluding hydrogens is 359 g/mol. The van der Waals surface area contributed by atoms with Crippen LogP contribution in [0.15, 0.2) is 48.9 Å². The van der Waals surface area contributed by atoms with Crippen LogP contribution in [0.25, 0.3) is 16.9 Å². The summed E-state index contributed by atoms with van der Waals surface area (Å²) in [6.07, 6.45) is 4.66. The van der Waals surface area contributed by atoms with E-state index in [2.05, 4.69) is 15.4 Å². The van der Waals surface area contributed by atoms with Gasteiger partial charge in [0.1, 0.15) is 11.4 Å². The number of nitrogens with one attached hydrogen (secondary N) is 1. The summed E-state index contributed by atoms with van der Waals surface area (Å²) in [7, 11) is 0. The van der Waals surface area contributed by atoms with Gasteiger partial charge < -0.3 is 10.1 Å². The van der Waals surface area contributed by atoms with Gasteiger partial charge >= 0.3 is 6.09 Å². The lowest BCUT2D eigenvalue weighted by Gasteiger charge is -2.19. The smallest absolute Gasteiger partial charge is 0.407 e. The van der Waals surface area contributed by atoms with Gasteiger partial charge in [0, 0.05) is 24.5 Å². The molecule has 3 aromatic rings. The average molecular weight is 382 g/mol. The maximum absolute atomic E-state index is 14.1. The van der Waals surface area contributed by atoms with Crippen molar-refractivity contribution in [3.05, 3.63) is 65.9 Å². The third kappa shape index (κ3) is 5.16. The largest absolute Gasteiger partial charge is 0.444 e. The summed E-state index contributed by atoms with van der Waals surface area (Å²) in [5.41, 5.74) is 2.51. The minimum absolute atomic E-state index is 0.160. The number of ether oxygens (including phenoxy) is 1. The van der Waals surface area contributed by atoms with E-state index in [1.165, 1.54) is 12.1 Å². The lowest BCUT2D eigenvalue weighted by atomic mass is 10.1. The first-order chi connectivity index (χ1) is 13.2. The van der Waals surface area contributed by atoms with Crippen molar-refractivity contribution in [3.8, 4) is 16.9 Å². The number of carbonyl (C=O) groups is 1. The minimum atomic E-state index is -0.588. The first-order valence-electron chi connectivity index (χ1n) is 8.94. The molecule has 1 aromatic carbocycles. The van der Waals surface area contributed by atoms with Gasteiger partial charge in [-0.2, -0.15) is 5.10 Å². The second kappa shape index (κ2) is 7.80. The highest BCUT2D eigenvalue weighted by Crippen LogP contribution is 2.23. The van der Waals surface area contributed by atoms with E-state index in [0.29, 0.717) is 16.9 Å². The molecule has 0 saturated heterocycles. The Morgan fingerprint density at radius 3 is 2.64 bits per heavy atom. The summed E-state index contributed by atoms with van der Waals surface area (Å²) >= 11 is 0. The summed E-state index contributed by atoms with van der Waals surface area (Å²) < 4.78 is 20.9. The second-order valence-electron chi connectivity index (χ2n) is 7.57. The topological polar surface area (TPSA) is 69.0 Å². The molecule has 0 radical (unpaired) electrons. The van der Waals surface area contributed by atoms with Crippen molar-refractivity contribution in [2.75, 3.05) is 0 Å². The molecule has 28 heavy (non-hydrogen) atoms. The highest BCUT2D eigenvalue weighted by Gasteiger charge is 2.16. The number of hydrogen-bond donors (Lipinski definition) is 1. The normalized spacial score (nSPS) is 11.3. The molecule has 1 amide bonds. The maximum atomic E-state index is 14.1. The van der Waals surface area contributed by atoms with E-state index < -0.39 is 11.7 Å². The Kier molecular flexibility index (Phi) is 5.44. The highest BCUT2D eigenvalue weighted by molar-refractivity contribution is 5.68. The van der Waals surface area contributed by atoms with E-state index in [4.69, 9.17) is 4.74 Å². The number of pyridine rings is 1. The number of nitrogens with zero attached hydrogens (tertiary/aromatic N) is 3. The van der Waals surface area contributed by atoms with Crippen LogP contribution in [-0.2, 0) is 11.3 Å². The number of carbonyl (C=O) groups excluding carboxylic acids is 1. The third-order valence-electron chi connectivity index (χ3n) is 3.84. The molecule has 0 aliphatic heterocycles. The maximum Gasteiger partial charge on any atom is 0.407 e. The molecule has 6 nitrogen and oxygen atoms in total. The molecule has 2 aromatic heterocycles. The molecule has 0 atom stereocenters. The number of alkyl carbamates (subject to hydrolysis) is 1. The molecule has 2 heterocycles. The SMILES string of the molecule is Cc1ccc(-n2cc(-c3cc(F)cc(CNC(=O)OC(C)(C)C)c3)cn2)nc1. The first-order valence-corrected chi connectivity index (χ1v) is 8.94. The van der Waals surface area contributed by atoms with Gasteiger partial charge in [0.2, 0.25) is 0 Å². The van der Waals surface area contributed by atoms with E-state index in [9.17, 15) is 9.18 Å². The van der Waals surface area contributed by atoms with Crippen LogP contribution in [0.1, 0.15) is 31.9 Å². The number of aromatic nitrogens is 3. The van der Waals surface area contributed by atoms with E-state index >= 15 is 0 Å². The van der Waals surface area contributed by atoms with E-state index in [1.807, 2.05) is 25.1 Å². The van der Waals surface area contributed by atoms with Gasteiger partial charge in [-0.3, -0.25) is 0 Å². The summed E-state index contributed by atoms with van der Waals surface area (Å²) in [5.74, 6) is 0.291. The Balaban J connectivity index is 1.76. The van der Waals surface area contributed by atoms with E-state index in [-0.39, 0.29) is 12.4 Å². The molecule has 0 unspecified atom stereocenters. The van der Waals surface area contributed by atoms with Gasteiger partial charge in [-0.15, -0.1) is 0 Å². The monoisotopic (exact) mass is 382 g/mol. The van der Waals surface area contributed by atoms with Gasteiger partial charge in [-0.1, -0.05) is 6.07 Å². The van der Waals surface area contributed by atoms with Crippen molar-refractivity contribution >= 4 is 6.09 Å². The van der Waals surface area contributed by atoms with Crippen LogP contribution >= 0.6 is 0 Å².